The molecule has 1 spiro atoms. The van der Waals surface area contributed by atoms with Crippen LogP contribution >= 0.6 is 0 Å². The number of hydrogen-bond donors (Lipinski definition) is 0. The van der Waals surface area contributed by atoms with Crippen LogP contribution in [0.15, 0.2) is 146 Å². The summed E-state index contributed by atoms with van der Waals surface area (Å²) in [6, 6.07) is 54.1. The second-order valence-corrected chi connectivity index (χ2v) is 13.3. The summed E-state index contributed by atoms with van der Waals surface area (Å²) in [4.78, 5) is 0. The van der Waals surface area contributed by atoms with E-state index >= 15 is 0 Å². The van der Waals surface area contributed by atoms with Crippen molar-refractivity contribution in [2.45, 2.75) is 24.7 Å². The topological polar surface area (TPSA) is 9.23 Å². The lowest BCUT2D eigenvalue weighted by Gasteiger charge is -2.35. The van der Waals surface area contributed by atoms with Crippen LogP contribution in [0.1, 0.15) is 47.2 Å². The number of ether oxygens (including phenoxy) is 1. The first kappa shape index (κ1) is 25.0. The minimum absolute atomic E-state index is 0.168. The van der Waals surface area contributed by atoms with Crippen molar-refractivity contribution in [3.05, 3.63) is 179 Å². The van der Waals surface area contributed by atoms with Gasteiger partial charge in [-0.2, -0.15) is 0 Å². The van der Waals surface area contributed by atoms with E-state index in [-0.39, 0.29) is 10.8 Å². The molecular weight excluding hydrogens is 544 g/mol. The molecule has 0 amide bonds. The molecule has 7 aromatic rings. The fraction of sp³-hybridized carbons (Fsp3) is 0.0909. The van der Waals surface area contributed by atoms with Gasteiger partial charge in [-0.1, -0.05) is 123 Å². The molecule has 0 radical (unpaired) electrons. The molecule has 3 aliphatic rings. The fourth-order valence-electron chi connectivity index (χ4n) is 8.63. The Bertz CT molecular complexity index is 2390. The fourth-order valence-corrected chi connectivity index (χ4v) is 8.63. The van der Waals surface area contributed by atoms with E-state index in [1.165, 1.54) is 77.5 Å². The van der Waals surface area contributed by atoms with Crippen LogP contribution in [0.2, 0.25) is 0 Å². The summed E-state index contributed by atoms with van der Waals surface area (Å²) in [5.74, 6) is 1.89. The average molecular weight is 575 g/mol. The van der Waals surface area contributed by atoms with Crippen molar-refractivity contribution in [2.24, 2.45) is 0 Å². The third kappa shape index (κ3) is 3.13. The highest BCUT2D eigenvalue weighted by atomic mass is 16.5. The zero-order valence-electron chi connectivity index (χ0n) is 25.3. The molecule has 1 unspecified atom stereocenters. The summed E-state index contributed by atoms with van der Waals surface area (Å²) < 4.78 is 6.41. The first-order chi connectivity index (χ1) is 22.0. The largest absolute Gasteiger partial charge is 0.457 e. The minimum Gasteiger partial charge on any atom is -0.457 e. The molecule has 1 heteroatoms. The predicted octanol–water partition coefficient (Wildman–Crippen LogP) is 11.3. The van der Waals surface area contributed by atoms with E-state index in [1.54, 1.807) is 0 Å². The highest BCUT2D eigenvalue weighted by Crippen LogP contribution is 2.63. The Morgan fingerprint density at radius 1 is 0.378 bits per heavy atom. The molecule has 1 heterocycles. The van der Waals surface area contributed by atoms with Gasteiger partial charge in [-0.3, -0.25) is 0 Å². The molecule has 1 nitrogen and oxygen atoms in total. The number of para-hydroxylation sites is 1. The Hall–Kier alpha value is -5.40. The number of rotatable bonds is 1. The summed E-state index contributed by atoms with van der Waals surface area (Å²) in [6.07, 6.45) is 0. The monoisotopic (exact) mass is 574 g/mol. The van der Waals surface area contributed by atoms with Crippen LogP contribution in [0.4, 0.5) is 0 Å². The minimum atomic E-state index is -0.382. The third-order valence-corrected chi connectivity index (χ3v) is 10.7. The first-order valence-corrected chi connectivity index (χ1v) is 15.8. The SMILES string of the molecule is CC1(C)c2ccccc2Oc2ccc(-c3ccc4c(c3)C3(c5ccccc5-4)c4ccccc4-c4cc5ccccc5cc43)cc21. The number of hydrogen-bond acceptors (Lipinski definition) is 1. The van der Waals surface area contributed by atoms with Gasteiger partial charge < -0.3 is 4.74 Å². The Labute approximate surface area is 263 Å². The second kappa shape index (κ2) is 8.61. The second-order valence-electron chi connectivity index (χ2n) is 13.3. The predicted molar refractivity (Wildman–Crippen MR) is 184 cm³/mol. The van der Waals surface area contributed by atoms with Crippen molar-refractivity contribution >= 4 is 10.8 Å². The van der Waals surface area contributed by atoms with Crippen molar-refractivity contribution in [3.8, 4) is 44.9 Å². The quantitative estimate of drug-likeness (QED) is 0.189. The highest BCUT2D eigenvalue weighted by molar-refractivity contribution is 6.00. The van der Waals surface area contributed by atoms with Crippen molar-refractivity contribution in [3.63, 3.8) is 0 Å². The van der Waals surface area contributed by atoms with E-state index in [4.69, 9.17) is 4.74 Å². The molecule has 1 aliphatic heterocycles. The van der Waals surface area contributed by atoms with Crippen molar-refractivity contribution in [2.75, 3.05) is 0 Å². The molecular formula is C44H30O. The van der Waals surface area contributed by atoms with Crippen LogP contribution in [-0.2, 0) is 10.8 Å². The average Bonchev–Trinajstić information content (AvgIpc) is 3.54. The van der Waals surface area contributed by atoms with Crippen LogP contribution in [0.25, 0.3) is 44.2 Å². The summed E-state index contributed by atoms with van der Waals surface area (Å²) in [5.41, 5.74) is 15.1. The van der Waals surface area contributed by atoms with Crippen molar-refractivity contribution < 1.29 is 4.74 Å². The lowest BCUT2D eigenvalue weighted by Crippen LogP contribution is -2.26. The molecule has 7 aromatic carbocycles. The molecule has 45 heavy (non-hydrogen) atoms. The number of benzene rings is 7. The molecule has 0 saturated heterocycles. The van der Waals surface area contributed by atoms with E-state index in [1.807, 2.05) is 0 Å². The van der Waals surface area contributed by atoms with Crippen LogP contribution in [0, 0.1) is 0 Å². The Kier molecular flexibility index (Phi) is 4.78. The van der Waals surface area contributed by atoms with Crippen LogP contribution in [-0.4, -0.2) is 0 Å². The molecule has 0 saturated carbocycles. The van der Waals surface area contributed by atoms with E-state index < -0.39 is 0 Å². The molecule has 0 fully saturated rings. The van der Waals surface area contributed by atoms with Gasteiger partial charge in [-0.15, -0.1) is 0 Å². The van der Waals surface area contributed by atoms with Gasteiger partial charge in [0.05, 0.1) is 5.41 Å². The summed E-state index contributed by atoms with van der Waals surface area (Å²) in [6.45, 7) is 4.62. The molecule has 0 aromatic heterocycles. The lowest BCUT2D eigenvalue weighted by atomic mass is 9.70. The maximum atomic E-state index is 6.41. The van der Waals surface area contributed by atoms with Gasteiger partial charge in [0.25, 0.3) is 0 Å². The maximum Gasteiger partial charge on any atom is 0.131 e. The van der Waals surface area contributed by atoms with Crippen LogP contribution in [0.3, 0.4) is 0 Å². The molecule has 2 aliphatic carbocycles. The lowest BCUT2D eigenvalue weighted by molar-refractivity contribution is 0.418. The van der Waals surface area contributed by atoms with E-state index in [2.05, 4.69) is 159 Å². The Morgan fingerprint density at radius 3 is 1.64 bits per heavy atom. The zero-order chi connectivity index (χ0) is 29.9. The van der Waals surface area contributed by atoms with Gasteiger partial charge in [0, 0.05) is 16.5 Å². The molecule has 10 rings (SSSR count). The molecule has 1 atom stereocenters. The molecule has 0 bridgehead atoms. The standard InChI is InChI=1S/C44H30O/c1-43(2)37-17-9-10-18-41(37)45-42-22-20-30(26-40(42)43)29-19-21-33-31-13-5-7-15-35(31)44(38(33)25-29)36-16-8-6-14-32(36)34-23-27-11-3-4-12-28(27)24-39(34)44/h3-26H,1-2H3. The van der Waals surface area contributed by atoms with Gasteiger partial charge >= 0.3 is 0 Å². The van der Waals surface area contributed by atoms with Gasteiger partial charge in [0.15, 0.2) is 0 Å². The zero-order valence-corrected chi connectivity index (χ0v) is 25.3. The normalized spacial score (nSPS) is 17.6. The first-order valence-electron chi connectivity index (χ1n) is 15.8. The van der Waals surface area contributed by atoms with E-state index in [9.17, 15) is 0 Å². The van der Waals surface area contributed by atoms with Gasteiger partial charge in [0.1, 0.15) is 11.5 Å². The number of fused-ring (bicyclic) bond motifs is 13. The van der Waals surface area contributed by atoms with Crippen molar-refractivity contribution in [1.82, 2.24) is 0 Å². The van der Waals surface area contributed by atoms with Gasteiger partial charge in [0.2, 0.25) is 0 Å². The van der Waals surface area contributed by atoms with Crippen molar-refractivity contribution in [1.29, 1.82) is 0 Å². The summed E-state index contributed by atoms with van der Waals surface area (Å²) >= 11 is 0. The summed E-state index contributed by atoms with van der Waals surface area (Å²) in [5, 5.41) is 2.56. The van der Waals surface area contributed by atoms with Gasteiger partial charge in [-0.25, -0.2) is 0 Å². The van der Waals surface area contributed by atoms with E-state index in [0.29, 0.717) is 0 Å². The molecule has 0 N–H and O–H groups in total. The highest BCUT2D eigenvalue weighted by Gasteiger charge is 2.51. The maximum absolute atomic E-state index is 6.41. The van der Waals surface area contributed by atoms with Crippen LogP contribution < -0.4 is 4.74 Å². The summed E-state index contributed by atoms with van der Waals surface area (Å²) in [7, 11) is 0. The third-order valence-electron chi connectivity index (χ3n) is 10.7. The Balaban J connectivity index is 1.24. The Morgan fingerprint density at radius 2 is 0.889 bits per heavy atom. The van der Waals surface area contributed by atoms with Gasteiger partial charge in [-0.05, 0) is 103 Å². The smallest absolute Gasteiger partial charge is 0.131 e. The molecule has 212 valence electrons. The van der Waals surface area contributed by atoms with E-state index in [0.717, 1.165) is 11.5 Å². The van der Waals surface area contributed by atoms with Crippen LogP contribution in [0.5, 0.6) is 11.5 Å².